The molecule has 4 nitrogen and oxygen atoms in total. The van der Waals surface area contributed by atoms with E-state index in [9.17, 15) is 0 Å². The van der Waals surface area contributed by atoms with Crippen molar-refractivity contribution < 1.29 is 4.79 Å². The summed E-state index contributed by atoms with van der Waals surface area (Å²) in [5.74, 6) is 0. The molecule has 0 aliphatic carbocycles. The molecule has 0 bridgehead atoms. The fourth-order valence-electron chi connectivity index (χ4n) is 0.394. The number of primary amides is 2. The van der Waals surface area contributed by atoms with Crippen LogP contribution in [0.3, 0.4) is 0 Å². The summed E-state index contributed by atoms with van der Waals surface area (Å²) in [5.41, 5.74) is 13.7. The van der Waals surface area contributed by atoms with E-state index in [-0.39, 0.29) is 0 Å². The number of amides is 2. The van der Waals surface area contributed by atoms with Crippen molar-refractivity contribution in [1.82, 2.24) is 0 Å². The molecule has 0 aromatic carbocycles. The number of hydrogen-bond acceptors (Lipinski definition) is 2. The third-order valence-electron chi connectivity index (χ3n) is 0.808. The molecule has 4 heteroatoms. The van der Waals surface area contributed by atoms with Crippen LogP contribution in [0.15, 0.2) is 0 Å². The molecule has 0 aromatic rings. The minimum absolute atomic E-state index is 0.833. The molecule has 2 amide bonds. The van der Waals surface area contributed by atoms with Crippen LogP contribution in [0, 0.1) is 0 Å². The van der Waals surface area contributed by atoms with Crippen molar-refractivity contribution in [2.75, 3.05) is 6.54 Å². The first-order valence-corrected chi connectivity index (χ1v) is 3.40. The number of urea groups is 1. The second kappa shape index (κ2) is 11.1. The van der Waals surface area contributed by atoms with E-state index in [0.29, 0.717) is 0 Å². The Bertz CT molecular complexity index is 67.4. The van der Waals surface area contributed by atoms with Gasteiger partial charge in [-0.25, -0.2) is 4.79 Å². The molecule has 0 rings (SSSR count). The van der Waals surface area contributed by atoms with Crippen molar-refractivity contribution in [3.8, 4) is 0 Å². The van der Waals surface area contributed by atoms with Crippen LogP contribution in [0.2, 0.25) is 0 Å². The first-order valence-electron chi connectivity index (χ1n) is 3.40. The molecule has 0 unspecified atom stereocenters. The van der Waals surface area contributed by atoms with Crippen molar-refractivity contribution in [2.45, 2.75) is 26.2 Å². The van der Waals surface area contributed by atoms with Crippen LogP contribution >= 0.6 is 0 Å². The molecule has 0 spiro atoms. The van der Waals surface area contributed by atoms with E-state index in [0.717, 1.165) is 6.54 Å². The first-order chi connectivity index (χ1) is 4.65. The Morgan fingerprint density at radius 2 is 1.70 bits per heavy atom. The zero-order chi connectivity index (χ0) is 8.41. The minimum Gasteiger partial charge on any atom is -0.352 e. The largest absolute Gasteiger partial charge is 0.352 e. The van der Waals surface area contributed by atoms with Crippen LogP contribution in [0.25, 0.3) is 0 Å². The summed E-state index contributed by atoms with van der Waals surface area (Å²) in [4.78, 5) is 9.00. The van der Waals surface area contributed by atoms with Crippen LogP contribution in [-0.2, 0) is 0 Å². The Labute approximate surface area is 61.8 Å². The van der Waals surface area contributed by atoms with Gasteiger partial charge in [0, 0.05) is 0 Å². The van der Waals surface area contributed by atoms with Gasteiger partial charge in [0.05, 0.1) is 0 Å². The Kier molecular flexibility index (Phi) is 13.3. The molecule has 0 radical (unpaired) electrons. The summed E-state index contributed by atoms with van der Waals surface area (Å²) in [7, 11) is 0. The van der Waals surface area contributed by atoms with Gasteiger partial charge in [0.25, 0.3) is 0 Å². The Morgan fingerprint density at radius 3 is 1.80 bits per heavy atom. The predicted molar refractivity (Wildman–Crippen MR) is 42.4 cm³/mol. The van der Waals surface area contributed by atoms with Crippen molar-refractivity contribution >= 4 is 6.03 Å². The van der Waals surface area contributed by atoms with Crippen LogP contribution in [-0.4, -0.2) is 12.6 Å². The highest BCUT2D eigenvalue weighted by molar-refractivity contribution is 5.69. The molecule has 10 heavy (non-hydrogen) atoms. The SMILES string of the molecule is CCCCCN.NC(N)=O. The van der Waals surface area contributed by atoms with Crippen molar-refractivity contribution in [3.63, 3.8) is 0 Å². The van der Waals surface area contributed by atoms with Gasteiger partial charge in [0.15, 0.2) is 0 Å². The number of rotatable bonds is 3. The number of unbranched alkanes of at least 4 members (excludes halogenated alkanes) is 2. The van der Waals surface area contributed by atoms with E-state index >= 15 is 0 Å². The number of carbonyl (C=O) groups is 1. The molecule has 0 heterocycles. The third-order valence-corrected chi connectivity index (χ3v) is 0.808. The Morgan fingerprint density at radius 1 is 1.30 bits per heavy atom. The van der Waals surface area contributed by atoms with Crippen LogP contribution in [0.5, 0.6) is 0 Å². The normalized spacial score (nSPS) is 7.80. The second-order valence-electron chi connectivity index (χ2n) is 1.90. The lowest BCUT2D eigenvalue weighted by Crippen LogP contribution is -2.18. The summed E-state index contributed by atoms with van der Waals surface area (Å²) in [6, 6.07) is -0.833. The van der Waals surface area contributed by atoms with Gasteiger partial charge in [-0.3, -0.25) is 0 Å². The molecule has 0 aliphatic heterocycles. The Hall–Kier alpha value is -0.770. The topological polar surface area (TPSA) is 95.1 Å². The maximum atomic E-state index is 9.00. The van der Waals surface area contributed by atoms with Crippen molar-refractivity contribution in [3.05, 3.63) is 0 Å². The fraction of sp³-hybridized carbons (Fsp3) is 0.833. The predicted octanol–water partition coefficient (Wildman–Crippen LogP) is 0.159. The monoisotopic (exact) mass is 147 g/mol. The van der Waals surface area contributed by atoms with Crippen molar-refractivity contribution in [2.24, 2.45) is 17.2 Å². The number of carbonyl (C=O) groups excluding carboxylic acids is 1. The zero-order valence-corrected chi connectivity index (χ0v) is 6.47. The molecule has 0 aliphatic rings. The summed E-state index contributed by atoms with van der Waals surface area (Å²) in [6.45, 7) is 3.03. The smallest absolute Gasteiger partial charge is 0.309 e. The summed E-state index contributed by atoms with van der Waals surface area (Å²) in [5, 5.41) is 0. The average molecular weight is 147 g/mol. The molecule has 62 valence electrons. The highest BCUT2D eigenvalue weighted by Gasteiger charge is 1.75. The first kappa shape index (κ1) is 12.0. The van der Waals surface area contributed by atoms with E-state index in [1.54, 1.807) is 0 Å². The molecule has 0 saturated heterocycles. The molecule has 0 aromatic heterocycles. The summed E-state index contributed by atoms with van der Waals surface area (Å²) >= 11 is 0. The van der Waals surface area contributed by atoms with Crippen LogP contribution in [0.1, 0.15) is 26.2 Å². The van der Waals surface area contributed by atoms with Crippen LogP contribution in [0.4, 0.5) is 4.79 Å². The molecule has 0 fully saturated rings. The minimum atomic E-state index is -0.833. The van der Waals surface area contributed by atoms with E-state index in [4.69, 9.17) is 10.5 Å². The summed E-state index contributed by atoms with van der Waals surface area (Å²) < 4.78 is 0. The molecular weight excluding hydrogens is 130 g/mol. The maximum Gasteiger partial charge on any atom is 0.309 e. The van der Waals surface area contributed by atoms with Gasteiger partial charge in [0.1, 0.15) is 0 Å². The van der Waals surface area contributed by atoms with E-state index < -0.39 is 6.03 Å². The Balaban J connectivity index is 0. The summed E-state index contributed by atoms with van der Waals surface area (Å²) in [6.07, 6.45) is 3.75. The highest BCUT2D eigenvalue weighted by Crippen LogP contribution is 1.88. The molecule has 0 saturated carbocycles. The van der Waals surface area contributed by atoms with Gasteiger partial charge in [-0.2, -0.15) is 0 Å². The highest BCUT2D eigenvalue weighted by atomic mass is 16.2. The van der Waals surface area contributed by atoms with E-state index in [1.165, 1.54) is 19.3 Å². The lowest BCUT2D eigenvalue weighted by Gasteiger charge is -1.86. The van der Waals surface area contributed by atoms with Gasteiger partial charge in [-0.1, -0.05) is 19.8 Å². The molecule has 6 N–H and O–H groups in total. The quantitative estimate of drug-likeness (QED) is 0.496. The lowest BCUT2D eigenvalue weighted by atomic mass is 10.3. The van der Waals surface area contributed by atoms with E-state index in [2.05, 4.69) is 18.4 Å². The van der Waals surface area contributed by atoms with Crippen molar-refractivity contribution in [1.29, 1.82) is 0 Å². The van der Waals surface area contributed by atoms with Gasteiger partial charge >= 0.3 is 6.03 Å². The standard InChI is InChI=1S/C5H13N.CH4N2O/c1-2-3-4-5-6;2-1(3)4/h2-6H2,1H3;(H4,2,3,4). The van der Waals surface area contributed by atoms with Gasteiger partial charge in [0.2, 0.25) is 0 Å². The average Bonchev–Trinajstić information content (AvgIpc) is 1.82. The number of nitrogens with two attached hydrogens (primary N) is 3. The van der Waals surface area contributed by atoms with Gasteiger partial charge in [-0.15, -0.1) is 0 Å². The van der Waals surface area contributed by atoms with E-state index in [1.807, 2.05) is 0 Å². The maximum absolute atomic E-state index is 9.00. The van der Waals surface area contributed by atoms with Crippen LogP contribution < -0.4 is 17.2 Å². The van der Waals surface area contributed by atoms with Gasteiger partial charge in [-0.05, 0) is 13.0 Å². The number of hydrogen-bond donors (Lipinski definition) is 3. The van der Waals surface area contributed by atoms with Gasteiger partial charge < -0.3 is 17.2 Å². The molecule has 0 atom stereocenters. The second-order valence-corrected chi connectivity index (χ2v) is 1.90. The fourth-order valence-corrected chi connectivity index (χ4v) is 0.394. The third kappa shape index (κ3) is 56.4. The zero-order valence-electron chi connectivity index (χ0n) is 6.47. The molecular formula is C6H17N3O. The lowest BCUT2D eigenvalue weighted by molar-refractivity contribution is 0.256.